The maximum atomic E-state index is 3.15. The van der Waals surface area contributed by atoms with Crippen LogP contribution in [0.15, 0.2) is 47.4 Å². The van der Waals surface area contributed by atoms with E-state index in [0.29, 0.717) is 0 Å². The van der Waals surface area contributed by atoms with Gasteiger partial charge in [0.15, 0.2) is 0 Å². The molecule has 0 heterocycles. The molecule has 2 rings (SSSR count). The van der Waals surface area contributed by atoms with E-state index in [1.165, 1.54) is 15.7 Å². The Morgan fingerprint density at radius 2 is 1.87 bits per heavy atom. The Balaban J connectivity index is 2.16. The van der Waals surface area contributed by atoms with E-state index in [1.807, 2.05) is 18.8 Å². The van der Waals surface area contributed by atoms with Crippen LogP contribution in [-0.2, 0) is 0 Å². The molecule has 0 spiro atoms. The second-order valence-electron chi connectivity index (χ2n) is 3.46. The average molecular weight is 217 g/mol. The SMILES string of the molecule is CNCCSc1ccc2ccccc2c1. The lowest BCUT2D eigenvalue weighted by Gasteiger charge is -2.03. The second-order valence-corrected chi connectivity index (χ2v) is 4.63. The number of thioether (sulfide) groups is 1. The van der Waals surface area contributed by atoms with Crippen molar-refractivity contribution < 1.29 is 0 Å². The molecular formula is C13H15NS. The summed E-state index contributed by atoms with van der Waals surface area (Å²) in [5.41, 5.74) is 0. The molecule has 0 atom stereocenters. The molecular weight excluding hydrogens is 202 g/mol. The fraction of sp³-hybridized carbons (Fsp3) is 0.231. The van der Waals surface area contributed by atoms with Gasteiger partial charge in [-0.25, -0.2) is 0 Å². The molecule has 0 amide bonds. The zero-order valence-corrected chi connectivity index (χ0v) is 9.68. The van der Waals surface area contributed by atoms with Gasteiger partial charge in [0, 0.05) is 17.2 Å². The third-order valence-electron chi connectivity index (χ3n) is 2.34. The topological polar surface area (TPSA) is 12.0 Å². The summed E-state index contributed by atoms with van der Waals surface area (Å²) >= 11 is 1.90. The largest absolute Gasteiger partial charge is 0.319 e. The Kier molecular flexibility index (Phi) is 3.64. The highest BCUT2D eigenvalue weighted by Gasteiger charge is 1.96. The molecule has 1 nitrogen and oxygen atoms in total. The molecule has 0 aliphatic rings. The van der Waals surface area contributed by atoms with E-state index >= 15 is 0 Å². The van der Waals surface area contributed by atoms with Gasteiger partial charge in [0.05, 0.1) is 0 Å². The van der Waals surface area contributed by atoms with Crippen molar-refractivity contribution in [3.8, 4) is 0 Å². The highest BCUT2D eigenvalue weighted by atomic mass is 32.2. The molecule has 2 heteroatoms. The van der Waals surface area contributed by atoms with E-state index in [9.17, 15) is 0 Å². The van der Waals surface area contributed by atoms with E-state index in [0.717, 1.165) is 12.3 Å². The predicted octanol–water partition coefficient (Wildman–Crippen LogP) is 3.15. The summed E-state index contributed by atoms with van der Waals surface area (Å²) in [6.45, 7) is 1.05. The summed E-state index contributed by atoms with van der Waals surface area (Å²) in [7, 11) is 1.99. The monoisotopic (exact) mass is 217 g/mol. The highest BCUT2D eigenvalue weighted by Crippen LogP contribution is 2.22. The molecule has 0 fully saturated rings. The van der Waals surface area contributed by atoms with Crippen LogP contribution in [-0.4, -0.2) is 19.3 Å². The van der Waals surface area contributed by atoms with Gasteiger partial charge in [-0.2, -0.15) is 0 Å². The molecule has 2 aromatic rings. The van der Waals surface area contributed by atoms with Crippen LogP contribution in [0.3, 0.4) is 0 Å². The quantitative estimate of drug-likeness (QED) is 0.623. The second kappa shape index (κ2) is 5.19. The first-order valence-corrected chi connectivity index (χ1v) is 6.15. The van der Waals surface area contributed by atoms with Gasteiger partial charge in [-0.1, -0.05) is 30.3 Å². The summed E-state index contributed by atoms with van der Waals surface area (Å²) in [6.07, 6.45) is 0. The predicted molar refractivity (Wildman–Crippen MR) is 68.6 cm³/mol. The van der Waals surface area contributed by atoms with Gasteiger partial charge in [-0.3, -0.25) is 0 Å². The average Bonchev–Trinajstić information content (AvgIpc) is 2.29. The first-order chi connectivity index (χ1) is 7.40. The standard InChI is InChI=1S/C13H15NS/c1-14-8-9-15-13-7-6-11-4-2-3-5-12(11)10-13/h2-7,10,14H,8-9H2,1H3. The lowest BCUT2D eigenvalue weighted by Crippen LogP contribution is -2.09. The number of hydrogen-bond donors (Lipinski definition) is 1. The van der Waals surface area contributed by atoms with Gasteiger partial charge in [-0.05, 0) is 30.0 Å². The lowest BCUT2D eigenvalue weighted by molar-refractivity contribution is 0.872. The summed E-state index contributed by atoms with van der Waals surface area (Å²) in [5.74, 6) is 1.12. The van der Waals surface area contributed by atoms with E-state index in [4.69, 9.17) is 0 Å². The minimum Gasteiger partial charge on any atom is -0.319 e. The molecule has 0 unspecified atom stereocenters. The molecule has 0 bridgehead atoms. The van der Waals surface area contributed by atoms with E-state index in [2.05, 4.69) is 47.8 Å². The molecule has 0 aromatic heterocycles. The number of benzene rings is 2. The zero-order valence-electron chi connectivity index (χ0n) is 8.86. The number of rotatable bonds is 4. The fourth-order valence-corrected chi connectivity index (χ4v) is 2.44. The molecule has 78 valence electrons. The van der Waals surface area contributed by atoms with Crippen molar-refractivity contribution in [3.63, 3.8) is 0 Å². The Morgan fingerprint density at radius 3 is 2.67 bits per heavy atom. The van der Waals surface area contributed by atoms with Crippen LogP contribution in [0.4, 0.5) is 0 Å². The van der Waals surface area contributed by atoms with Crippen LogP contribution in [0.2, 0.25) is 0 Å². The Morgan fingerprint density at radius 1 is 1.07 bits per heavy atom. The van der Waals surface area contributed by atoms with Crippen LogP contribution < -0.4 is 5.32 Å². The van der Waals surface area contributed by atoms with Gasteiger partial charge in [-0.15, -0.1) is 11.8 Å². The van der Waals surface area contributed by atoms with Gasteiger partial charge in [0.2, 0.25) is 0 Å². The molecule has 0 saturated heterocycles. The molecule has 0 saturated carbocycles. The van der Waals surface area contributed by atoms with Gasteiger partial charge < -0.3 is 5.32 Å². The van der Waals surface area contributed by atoms with E-state index in [-0.39, 0.29) is 0 Å². The number of nitrogens with one attached hydrogen (secondary N) is 1. The van der Waals surface area contributed by atoms with Crippen molar-refractivity contribution in [2.75, 3.05) is 19.3 Å². The maximum Gasteiger partial charge on any atom is 0.0105 e. The molecule has 2 aromatic carbocycles. The summed E-state index contributed by atoms with van der Waals surface area (Å²) in [4.78, 5) is 1.35. The van der Waals surface area contributed by atoms with Crippen molar-refractivity contribution >= 4 is 22.5 Å². The minimum absolute atomic E-state index is 1.05. The lowest BCUT2D eigenvalue weighted by atomic mass is 10.1. The van der Waals surface area contributed by atoms with Crippen LogP contribution in [0.5, 0.6) is 0 Å². The van der Waals surface area contributed by atoms with E-state index in [1.54, 1.807) is 0 Å². The summed E-state index contributed by atoms with van der Waals surface area (Å²) in [6, 6.07) is 15.1. The molecule has 0 aliphatic heterocycles. The highest BCUT2D eigenvalue weighted by molar-refractivity contribution is 7.99. The third-order valence-corrected chi connectivity index (χ3v) is 3.34. The fourth-order valence-electron chi connectivity index (χ4n) is 1.53. The van der Waals surface area contributed by atoms with Crippen LogP contribution in [0.25, 0.3) is 10.8 Å². The summed E-state index contributed by atoms with van der Waals surface area (Å²) in [5, 5.41) is 5.80. The van der Waals surface area contributed by atoms with Crippen LogP contribution in [0, 0.1) is 0 Å². The van der Waals surface area contributed by atoms with Crippen molar-refractivity contribution in [1.82, 2.24) is 5.32 Å². The van der Waals surface area contributed by atoms with Crippen molar-refractivity contribution in [1.29, 1.82) is 0 Å². The minimum atomic E-state index is 1.05. The smallest absolute Gasteiger partial charge is 0.0105 e. The first kappa shape index (κ1) is 10.5. The first-order valence-electron chi connectivity index (χ1n) is 5.16. The van der Waals surface area contributed by atoms with E-state index < -0.39 is 0 Å². The normalized spacial score (nSPS) is 10.7. The molecule has 1 N–H and O–H groups in total. The zero-order chi connectivity index (χ0) is 10.5. The summed E-state index contributed by atoms with van der Waals surface area (Å²) < 4.78 is 0. The Labute approximate surface area is 94.9 Å². The number of fused-ring (bicyclic) bond motifs is 1. The molecule has 15 heavy (non-hydrogen) atoms. The number of hydrogen-bond acceptors (Lipinski definition) is 2. The van der Waals surface area contributed by atoms with Crippen molar-refractivity contribution in [2.24, 2.45) is 0 Å². The van der Waals surface area contributed by atoms with Gasteiger partial charge in [0.25, 0.3) is 0 Å². The molecule has 0 radical (unpaired) electrons. The van der Waals surface area contributed by atoms with Crippen molar-refractivity contribution in [2.45, 2.75) is 4.90 Å². The third kappa shape index (κ3) is 2.74. The molecule has 0 aliphatic carbocycles. The van der Waals surface area contributed by atoms with Gasteiger partial charge in [0.1, 0.15) is 0 Å². The Bertz CT molecular complexity index is 439. The maximum absolute atomic E-state index is 3.15. The van der Waals surface area contributed by atoms with Crippen LogP contribution in [0.1, 0.15) is 0 Å². The van der Waals surface area contributed by atoms with Crippen molar-refractivity contribution in [3.05, 3.63) is 42.5 Å². The Hall–Kier alpha value is -0.990. The van der Waals surface area contributed by atoms with Crippen LogP contribution >= 0.6 is 11.8 Å². The van der Waals surface area contributed by atoms with Gasteiger partial charge >= 0.3 is 0 Å².